The Morgan fingerprint density at radius 3 is 2.24 bits per heavy atom. The highest BCUT2D eigenvalue weighted by Gasteiger charge is 2.52. The number of cyclic esters (lactones) is 2. The normalized spacial score (nSPS) is 16.3. The van der Waals surface area contributed by atoms with Gasteiger partial charge in [0.15, 0.2) is 11.2 Å². The molecule has 0 saturated carbocycles. The van der Waals surface area contributed by atoms with Gasteiger partial charge in [-0.05, 0) is 38.0 Å². The van der Waals surface area contributed by atoms with Crippen LogP contribution in [0.4, 0.5) is 14.5 Å². The fraction of sp³-hybridized carbons (Fsp3) is 0.381. The van der Waals surface area contributed by atoms with E-state index in [1.54, 1.807) is 26.8 Å². The average molecular weight is 404 g/mol. The van der Waals surface area contributed by atoms with Crippen molar-refractivity contribution in [2.45, 2.75) is 40.0 Å². The number of halogens is 2. The predicted octanol–water partition coefficient (Wildman–Crippen LogP) is 4.04. The molecule has 0 radical (unpaired) electrons. The van der Waals surface area contributed by atoms with Crippen molar-refractivity contribution in [3.8, 4) is 11.1 Å². The molecule has 0 aliphatic carbocycles. The van der Waals surface area contributed by atoms with Gasteiger partial charge in [-0.25, -0.2) is 8.78 Å². The maximum absolute atomic E-state index is 15.3. The molecule has 0 bridgehead atoms. The lowest BCUT2D eigenvalue weighted by Gasteiger charge is -2.40. The molecule has 29 heavy (non-hydrogen) atoms. The summed E-state index contributed by atoms with van der Waals surface area (Å²) in [5.41, 5.74) is -1.43. The van der Waals surface area contributed by atoms with Crippen molar-refractivity contribution in [1.29, 1.82) is 0 Å². The molecule has 1 aromatic heterocycles. The van der Waals surface area contributed by atoms with E-state index in [0.717, 1.165) is 6.07 Å². The standard InChI is InChI=1S/C21H22F2N2O4/c1-4-21(5-2)18(26)28-20(29-19(21)27)25(6-3)15-10-9-14(22)16(17(15)23)13-8-7-11-24-12-13/h7-12,20H,4-6H2,1-3H3. The van der Waals surface area contributed by atoms with E-state index in [2.05, 4.69) is 4.98 Å². The number of benzene rings is 1. The quantitative estimate of drug-likeness (QED) is 0.535. The van der Waals surface area contributed by atoms with Crippen LogP contribution < -0.4 is 4.90 Å². The number of carbonyl (C=O) groups is 2. The third-order valence-electron chi connectivity index (χ3n) is 5.33. The molecule has 0 spiro atoms. The van der Waals surface area contributed by atoms with Crippen molar-refractivity contribution < 1.29 is 27.8 Å². The number of hydrogen-bond acceptors (Lipinski definition) is 6. The molecule has 1 aliphatic heterocycles. The summed E-state index contributed by atoms with van der Waals surface area (Å²) in [6, 6.07) is 5.43. The van der Waals surface area contributed by atoms with Crippen LogP contribution in [0.5, 0.6) is 0 Å². The van der Waals surface area contributed by atoms with E-state index in [0.29, 0.717) is 0 Å². The highest BCUT2D eigenvalue weighted by Crippen LogP contribution is 2.38. The van der Waals surface area contributed by atoms with Crippen LogP contribution in [0.2, 0.25) is 0 Å². The number of esters is 2. The number of anilines is 1. The maximum atomic E-state index is 15.3. The fourth-order valence-electron chi connectivity index (χ4n) is 3.44. The SMILES string of the molecule is CCN(c1ccc(F)c(-c2cccnc2)c1F)C1OC(=O)C(CC)(CC)C(=O)O1. The zero-order valence-electron chi connectivity index (χ0n) is 16.4. The average Bonchev–Trinajstić information content (AvgIpc) is 2.72. The van der Waals surface area contributed by atoms with E-state index in [1.807, 2.05) is 0 Å². The molecule has 6 nitrogen and oxygen atoms in total. The lowest BCUT2D eigenvalue weighted by Crippen LogP contribution is -2.55. The molecule has 1 saturated heterocycles. The minimum absolute atomic E-state index is 0.0566. The molecular formula is C21H22F2N2O4. The van der Waals surface area contributed by atoms with Gasteiger partial charge < -0.3 is 14.4 Å². The summed E-state index contributed by atoms with van der Waals surface area (Å²) >= 11 is 0. The van der Waals surface area contributed by atoms with Gasteiger partial charge in [-0.2, -0.15) is 0 Å². The summed E-state index contributed by atoms with van der Waals surface area (Å²) < 4.78 is 40.4. The van der Waals surface area contributed by atoms with Gasteiger partial charge in [-0.15, -0.1) is 0 Å². The van der Waals surface area contributed by atoms with Crippen LogP contribution in [0.25, 0.3) is 11.1 Å². The van der Waals surface area contributed by atoms with Gasteiger partial charge in [0.2, 0.25) is 0 Å². The molecule has 1 aromatic carbocycles. The van der Waals surface area contributed by atoms with Gasteiger partial charge in [-0.3, -0.25) is 14.6 Å². The second-order valence-electron chi connectivity index (χ2n) is 6.69. The molecule has 2 aromatic rings. The zero-order chi connectivity index (χ0) is 21.2. The van der Waals surface area contributed by atoms with Gasteiger partial charge in [-0.1, -0.05) is 19.9 Å². The highest BCUT2D eigenvalue weighted by molar-refractivity contribution is 6.01. The van der Waals surface area contributed by atoms with Crippen molar-refractivity contribution in [2.75, 3.05) is 11.4 Å². The molecule has 1 aliphatic rings. The lowest BCUT2D eigenvalue weighted by atomic mass is 9.82. The number of aromatic nitrogens is 1. The monoisotopic (exact) mass is 404 g/mol. The largest absolute Gasteiger partial charge is 0.405 e. The first-order chi connectivity index (χ1) is 13.9. The zero-order valence-corrected chi connectivity index (χ0v) is 16.4. The number of nitrogens with zero attached hydrogens (tertiary/aromatic N) is 2. The summed E-state index contributed by atoms with van der Waals surface area (Å²) in [4.78, 5) is 30.3. The first-order valence-electron chi connectivity index (χ1n) is 9.46. The minimum Gasteiger partial charge on any atom is -0.405 e. The Bertz CT molecular complexity index is 896. The van der Waals surface area contributed by atoms with E-state index in [-0.39, 0.29) is 36.2 Å². The molecule has 8 heteroatoms. The van der Waals surface area contributed by atoms with Crippen LogP contribution in [0.3, 0.4) is 0 Å². The van der Waals surface area contributed by atoms with Crippen LogP contribution in [-0.4, -0.2) is 29.9 Å². The van der Waals surface area contributed by atoms with Crippen molar-refractivity contribution in [2.24, 2.45) is 5.41 Å². The third kappa shape index (κ3) is 3.43. The van der Waals surface area contributed by atoms with Crippen LogP contribution in [0, 0.1) is 17.0 Å². The maximum Gasteiger partial charge on any atom is 0.332 e. The molecule has 0 atom stereocenters. The van der Waals surface area contributed by atoms with E-state index in [4.69, 9.17) is 9.47 Å². The third-order valence-corrected chi connectivity index (χ3v) is 5.33. The molecule has 154 valence electrons. The first kappa shape index (κ1) is 20.7. The van der Waals surface area contributed by atoms with Gasteiger partial charge in [0.05, 0.1) is 11.3 Å². The van der Waals surface area contributed by atoms with E-state index < -0.39 is 35.4 Å². The Labute approximate surface area is 167 Å². The Hall–Kier alpha value is -3.03. The van der Waals surface area contributed by atoms with Crippen molar-refractivity contribution in [3.63, 3.8) is 0 Å². The van der Waals surface area contributed by atoms with E-state index >= 15 is 4.39 Å². The molecule has 0 unspecified atom stereocenters. The van der Waals surface area contributed by atoms with Crippen molar-refractivity contribution in [1.82, 2.24) is 4.98 Å². The van der Waals surface area contributed by atoms with Gasteiger partial charge in [0.25, 0.3) is 0 Å². The van der Waals surface area contributed by atoms with Crippen molar-refractivity contribution >= 4 is 17.6 Å². The summed E-state index contributed by atoms with van der Waals surface area (Å²) in [5.74, 6) is -3.05. The Morgan fingerprint density at radius 2 is 1.72 bits per heavy atom. The first-order valence-corrected chi connectivity index (χ1v) is 9.46. The number of pyridine rings is 1. The summed E-state index contributed by atoms with van der Waals surface area (Å²) in [5, 5.41) is 0. The summed E-state index contributed by atoms with van der Waals surface area (Å²) in [7, 11) is 0. The molecular weight excluding hydrogens is 382 g/mol. The van der Waals surface area contributed by atoms with Crippen LogP contribution in [0.1, 0.15) is 33.6 Å². The topological polar surface area (TPSA) is 68.7 Å². The minimum atomic E-state index is -1.44. The molecule has 3 rings (SSSR count). The second-order valence-corrected chi connectivity index (χ2v) is 6.69. The number of hydrogen-bond donors (Lipinski definition) is 0. The summed E-state index contributed by atoms with van der Waals surface area (Å²) in [6.45, 7) is 5.22. The Kier molecular flexibility index (Phi) is 5.81. The molecule has 0 amide bonds. The van der Waals surface area contributed by atoms with Gasteiger partial charge in [0, 0.05) is 24.5 Å². The summed E-state index contributed by atoms with van der Waals surface area (Å²) in [6.07, 6.45) is 1.87. The Morgan fingerprint density at radius 1 is 1.07 bits per heavy atom. The number of ether oxygens (including phenoxy) is 2. The smallest absolute Gasteiger partial charge is 0.332 e. The van der Waals surface area contributed by atoms with Crippen LogP contribution in [0.15, 0.2) is 36.7 Å². The van der Waals surface area contributed by atoms with Crippen LogP contribution in [-0.2, 0) is 19.1 Å². The van der Waals surface area contributed by atoms with Gasteiger partial charge in [0.1, 0.15) is 5.82 Å². The number of carbonyl (C=O) groups excluding carboxylic acids is 2. The number of rotatable bonds is 6. The Balaban J connectivity index is 2.00. The highest BCUT2D eigenvalue weighted by atomic mass is 19.1. The van der Waals surface area contributed by atoms with Crippen molar-refractivity contribution in [3.05, 3.63) is 48.3 Å². The van der Waals surface area contributed by atoms with Gasteiger partial charge >= 0.3 is 18.4 Å². The lowest BCUT2D eigenvalue weighted by molar-refractivity contribution is -0.224. The second kappa shape index (κ2) is 8.14. The molecule has 2 heterocycles. The fourth-order valence-corrected chi connectivity index (χ4v) is 3.44. The predicted molar refractivity (Wildman–Crippen MR) is 102 cm³/mol. The van der Waals surface area contributed by atoms with E-state index in [1.165, 1.54) is 29.4 Å². The van der Waals surface area contributed by atoms with Crippen LogP contribution >= 0.6 is 0 Å². The molecule has 0 N–H and O–H groups in total. The molecule has 1 fully saturated rings. The van der Waals surface area contributed by atoms with E-state index in [9.17, 15) is 14.0 Å².